The predicted molar refractivity (Wildman–Crippen MR) is 79.1 cm³/mol. The van der Waals surface area contributed by atoms with E-state index in [9.17, 15) is 4.79 Å². The third-order valence-electron chi connectivity index (χ3n) is 3.04. The largest absolute Gasteiger partial charge is 0.483 e. The number of anilines is 1. The number of carbonyl (C=O) groups is 2. The molecule has 5 nitrogen and oxygen atoms in total. The molecule has 1 unspecified atom stereocenters. The van der Waals surface area contributed by atoms with Gasteiger partial charge < -0.3 is 15.3 Å². The quantitative estimate of drug-likeness (QED) is 0.782. The Hall–Kier alpha value is -1.75. The van der Waals surface area contributed by atoms with Gasteiger partial charge in [0.25, 0.3) is 6.47 Å². The van der Waals surface area contributed by atoms with Crippen LogP contribution < -0.4 is 5.32 Å². The van der Waals surface area contributed by atoms with E-state index >= 15 is 0 Å². The zero-order valence-corrected chi connectivity index (χ0v) is 12.1. The van der Waals surface area contributed by atoms with Crippen LogP contribution in [-0.4, -0.2) is 35.6 Å². The normalized spacial score (nSPS) is 17.7. The van der Waals surface area contributed by atoms with Gasteiger partial charge in [-0.1, -0.05) is 18.5 Å². The zero-order valence-electron chi connectivity index (χ0n) is 11.4. The summed E-state index contributed by atoms with van der Waals surface area (Å²) in [7, 11) is 0. The van der Waals surface area contributed by atoms with Crippen molar-refractivity contribution in [3.05, 3.63) is 29.3 Å². The second kappa shape index (κ2) is 8.43. The molecular formula is C14H19ClN2O3. The molecule has 1 aromatic carbocycles. The highest BCUT2D eigenvalue weighted by molar-refractivity contribution is 6.30. The molecule has 1 heterocycles. The van der Waals surface area contributed by atoms with Gasteiger partial charge in [0, 0.05) is 23.8 Å². The van der Waals surface area contributed by atoms with Crippen LogP contribution in [0.2, 0.25) is 5.02 Å². The number of hydrogen-bond donors (Lipinski definition) is 2. The zero-order chi connectivity index (χ0) is 15.0. The van der Waals surface area contributed by atoms with E-state index in [1.54, 1.807) is 12.1 Å². The average molecular weight is 299 g/mol. The van der Waals surface area contributed by atoms with Crippen molar-refractivity contribution in [2.75, 3.05) is 18.4 Å². The molecule has 0 spiro atoms. The fourth-order valence-corrected chi connectivity index (χ4v) is 2.24. The number of hydrogen-bond acceptors (Lipinski definition) is 2. The monoisotopic (exact) mass is 298 g/mol. The molecule has 0 bridgehead atoms. The summed E-state index contributed by atoms with van der Waals surface area (Å²) in [5.41, 5.74) is 0.789. The van der Waals surface area contributed by atoms with Crippen molar-refractivity contribution < 1.29 is 14.7 Å². The lowest BCUT2D eigenvalue weighted by atomic mass is 10.0. The molecule has 110 valence electrons. The standard InChI is InChI=1S/C13H17ClN2O.CH2O2/c1-10-3-2-8-16(9-10)13(17)15-12-6-4-11(14)5-7-12;2-1-3/h4-7,10H,2-3,8-9H2,1H3,(H,15,17);1H,(H,2,3). The highest BCUT2D eigenvalue weighted by atomic mass is 35.5. The van der Waals surface area contributed by atoms with Gasteiger partial charge in [-0.2, -0.15) is 0 Å². The Bertz CT molecular complexity index is 437. The molecule has 1 saturated heterocycles. The SMILES string of the molecule is CC1CCCN(C(=O)Nc2ccc(Cl)cc2)C1.O=CO. The van der Waals surface area contributed by atoms with Gasteiger partial charge in [-0.15, -0.1) is 0 Å². The Balaban J connectivity index is 0.000000612. The summed E-state index contributed by atoms with van der Waals surface area (Å²) >= 11 is 5.79. The summed E-state index contributed by atoms with van der Waals surface area (Å²) < 4.78 is 0. The summed E-state index contributed by atoms with van der Waals surface area (Å²) in [4.78, 5) is 22.2. The number of benzene rings is 1. The summed E-state index contributed by atoms with van der Waals surface area (Å²) in [6.45, 7) is 3.63. The fraction of sp³-hybridized carbons (Fsp3) is 0.429. The van der Waals surface area contributed by atoms with Gasteiger partial charge in [0.1, 0.15) is 0 Å². The molecule has 20 heavy (non-hydrogen) atoms. The second-order valence-corrected chi connectivity index (χ2v) is 5.17. The molecule has 2 N–H and O–H groups in total. The first-order chi connectivity index (χ1) is 9.56. The van der Waals surface area contributed by atoms with Crippen LogP contribution in [0.1, 0.15) is 19.8 Å². The number of halogens is 1. The molecule has 1 aromatic rings. The Morgan fingerprint density at radius 3 is 2.60 bits per heavy atom. The summed E-state index contributed by atoms with van der Waals surface area (Å²) in [5.74, 6) is 0.597. The average Bonchev–Trinajstić information content (AvgIpc) is 2.42. The minimum atomic E-state index is -0.250. The van der Waals surface area contributed by atoms with Crippen LogP contribution >= 0.6 is 11.6 Å². The van der Waals surface area contributed by atoms with Crippen molar-refractivity contribution in [1.82, 2.24) is 4.90 Å². The van der Waals surface area contributed by atoms with Crippen LogP contribution in [0.5, 0.6) is 0 Å². The van der Waals surface area contributed by atoms with Gasteiger partial charge >= 0.3 is 6.03 Å². The predicted octanol–water partition coefficient (Wildman–Crippen LogP) is 3.30. The van der Waals surface area contributed by atoms with Gasteiger partial charge in [-0.25, -0.2) is 4.79 Å². The lowest BCUT2D eigenvalue weighted by Crippen LogP contribution is -2.41. The summed E-state index contributed by atoms with van der Waals surface area (Å²) in [6.07, 6.45) is 2.31. The second-order valence-electron chi connectivity index (χ2n) is 4.74. The maximum atomic E-state index is 12.0. The first-order valence-electron chi connectivity index (χ1n) is 6.46. The molecule has 0 saturated carbocycles. The summed E-state index contributed by atoms with van der Waals surface area (Å²) in [6, 6.07) is 7.16. The Labute approximate surface area is 123 Å². The van der Waals surface area contributed by atoms with E-state index in [1.165, 1.54) is 6.42 Å². The van der Waals surface area contributed by atoms with E-state index in [2.05, 4.69) is 12.2 Å². The minimum Gasteiger partial charge on any atom is -0.483 e. The van der Waals surface area contributed by atoms with Crippen molar-refractivity contribution in [3.8, 4) is 0 Å². The minimum absolute atomic E-state index is 0.0149. The van der Waals surface area contributed by atoms with Gasteiger partial charge in [0.05, 0.1) is 0 Å². The molecule has 1 atom stereocenters. The number of amides is 2. The molecular weight excluding hydrogens is 280 g/mol. The number of nitrogens with zero attached hydrogens (tertiary/aromatic N) is 1. The van der Waals surface area contributed by atoms with E-state index in [4.69, 9.17) is 21.5 Å². The van der Waals surface area contributed by atoms with E-state index in [1.807, 2.05) is 17.0 Å². The molecule has 1 aliphatic heterocycles. The van der Waals surface area contributed by atoms with E-state index in [-0.39, 0.29) is 12.5 Å². The van der Waals surface area contributed by atoms with Crippen molar-refractivity contribution >= 4 is 29.8 Å². The number of rotatable bonds is 1. The Morgan fingerprint density at radius 2 is 2.05 bits per heavy atom. The highest BCUT2D eigenvalue weighted by Crippen LogP contribution is 2.18. The van der Waals surface area contributed by atoms with Gasteiger partial charge in [-0.05, 0) is 43.0 Å². The first-order valence-corrected chi connectivity index (χ1v) is 6.84. The van der Waals surface area contributed by atoms with Crippen molar-refractivity contribution in [2.45, 2.75) is 19.8 Å². The topological polar surface area (TPSA) is 69.6 Å². The lowest BCUT2D eigenvalue weighted by molar-refractivity contribution is -0.122. The number of carbonyl (C=O) groups excluding carboxylic acids is 1. The third kappa shape index (κ3) is 5.48. The van der Waals surface area contributed by atoms with Crippen LogP contribution in [0.15, 0.2) is 24.3 Å². The van der Waals surface area contributed by atoms with Crippen LogP contribution in [0.4, 0.5) is 10.5 Å². The highest BCUT2D eigenvalue weighted by Gasteiger charge is 2.20. The van der Waals surface area contributed by atoms with E-state index in [0.29, 0.717) is 10.9 Å². The lowest BCUT2D eigenvalue weighted by Gasteiger charge is -2.30. The fourth-order valence-electron chi connectivity index (χ4n) is 2.11. The first kappa shape index (κ1) is 16.3. The van der Waals surface area contributed by atoms with Crippen molar-refractivity contribution in [3.63, 3.8) is 0 Å². The maximum absolute atomic E-state index is 12.0. The Kier molecular flexibility index (Phi) is 6.87. The maximum Gasteiger partial charge on any atom is 0.321 e. The molecule has 0 radical (unpaired) electrons. The molecule has 1 fully saturated rings. The molecule has 2 rings (SSSR count). The number of likely N-dealkylation sites (tertiary alicyclic amines) is 1. The number of piperidine rings is 1. The number of carboxylic acid groups (broad SMARTS) is 1. The summed E-state index contributed by atoms with van der Waals surface area (Å²) in [5, 5.41) is 10.5. The molecule has 0 aromatic heterocycles. The smallest absolute Gasteiger partial charge is 0.321 e. The van der Waals surface area contributed by atoms with Gasteiger partial charge in [-0.3, -0.25) is 4.79 Å². The Morgan fingerprint density at radius 1 is 1.45 bits per heavy atom. The van der Waals surface area contributed by atoms with E-state index in [0.717, 1.165) is 25.2 Å². The van der Waals surface area contributed by atoms with Crippen LogP contribution in [0, 0.1) is 5.92 Å². The molecule has 1 aliphatic rings. The third-order valence-corrected chi connectivity index (χ3v) is 3.29. The van der Waals surface area contributed by atoms with Gasteiger partial charge in [0.15, 0.2) is 0 Å². The van der Waals surface area contributed by atoms with Crippen molar-refractivity contribution in [2.24, 2.45) is 5.92 Å². The van der Waals surface area contributed by atoms with Crippen LogP contribution in [0.3, 0.4) is 0 Å². The number of nitrogens with one attached hydrogen (secondary N) is 1. The molecule has 2 amide bonds. The van der Waals surface area contributed by atoms with Crippen LogP contribution in [0.25, 0.3) is 0 Å². The van der Waals surface area contributed by atoms with Gasteiger partial charge in [0.2, 0.25) is 0 Å². The molecule has 0 aliphatic carbocycles. The van der Waals surface area contributed by atoms with E-state index < -0.39 is 0 Å². The van der Waals surface area contributed by atoms with Crippen molar-refractivity contribution in [1.29, 1.82) is 0 Å². The van der Waals surface area contributed by atoms with Crippen LogP contribution in [-0.2, 0) is 4.79 Å². The molecule has 6 heteroatoms. The number of urea groups is 1.